The normalized spacial score (nSPS) is 14.2. The maximum atomic E-state index is 13.6. The molecule has 3 rings (SSSR count). The van der Waals surface area contributed by atoms with E-state index in [1.54, 1.807) is 12.1 Å². The van der Waals surface area contributed by atoms with E-state index in [2.05, 4.69) is 34.2 Å². The topological polar surface area (TPSA) is 21.3 Å². The van der Waals surface area contributed by atoms with Crippen LogP contribution in [0.25, 0.3) is 0 Å². The van der Waals surface area contributed by atoms with Crippen LogP contribution in [0.1, 0.15) is 24.0 Å². The number of aryl methyl sites for hydroxylation is 1. The summed E-state index contributed by atoms with van der Waals surface area (Å²) < 4.78 is 19.9. The molecule has 0 bridgehead atoms. The summed E-state index contributed by atoms with van der Waals surface area (Å²) in [4.78, 5) is 0. The van der Waals surface area contributed by atoms with Crippen molar-refractivity contribution >= 4 is 15.9 Å². The van der Waals surface area contributed by atoms with Crippen LogP contribution in [0.5, 0.6) is 11.5 Å². The quantitative estimate of drug-likeness (QED) is 0.825. The van der Waals surface area contributed by atoms with Crippen LogP contribution >= 0.6 is 15.9 Å². The van der Waals surface area contributed by atoms with Crippen LogP contribution in [0.2, 0.25) is 0 Å². The molecular formula is C17H17BrFNO. The fourth-order valence-electron chi connectivity index (χ4n) is 2.16. The lowest BCUT2D eigenvalue weighted by molar-refractivity contribution is 0.466. The van der Waals surface area contributed by atoms with E-state index in [0.29, 0.717) is 16.3 Å². The second kappa shape index (κ2) is 6.16. The second-order valence-electron chi connectivity index (χ2n) is 5.44. The van der Waals surface area contributed by atoms with Crippen molar-refractivity contribution in [3.05, 3.63) is 57.8 Å². The molecule has 2 aromatic carbocycles. The fourth-order valence-corrected chi connectivity index (χ4v) is 2.40. The van der Waals surface area contributed by atoms with Crippen molar-refractivity contribution in [3.63, 3.8) is 0 Å². The van der Waals surface area contributed by atoms with Crippen LogP contribution < -0.4 is 10.1 Å². The molecule has 21 heavy (non-hydrogen) atoms. The minimum absolute atomic E-state index is 0.322. The molecule has 1 fully saturated rings. The first-order chi connectivity index (χ1) is 10.1. The number of nitrogens with one attached hydrogen (secondary N) is 1. The van der Waals surface area contributed by atoms with Crippen molar-refractivity contribution in [2.24, 2.45) is 0 Å². The van der Waals surface area contributed by atoms with Crippen LogP contribution in [-0.4, -0.2) is 6.04 Å². The number of rotatable bonds is 5. The van der Waals surface area contributed by atoms with Gasteiger partial charge < -0.3 is 10.1 Å². The van der Waals surface area contributed by atoms with Gasteiger partial charge >= 0.3 is 0 Å². The molecule has 0 amide bonds. The first-order valence-corrected chi connectivity index (χ1v) is 7.87. The van der Waals surface area contributed by atoms with Crippen molar-refractivity contribution in [2.45, 2.75) is 32.4 Å². The average molecular weight is 350 g/mol. The number of hydrogen-bond donors (Lipinski definition) is 1. The van der Waals surface area contributed by atoms with E-state index in [1.807, 2.05) is 12.1 Å². The zero-order valence-corrected chi connectivity index (χ0v) is 13.4. The van der Waals surface area contributed by atoms with E-state index in [-0.39, 0.29) is 5.82 Å². The summed E-state index contributed by atoms with van der Waals surface area (Å²) in [6.45, 7) is 2.84. The molecule has 0 unspecified atom stereocenters. The molecule has 0 spiro atoms. The van der Waals surface area contributed by atoms with Crippen LogP contribution in [0.4, 0.5) is 4.39 Å². The summed E-state index contributed by atoms with van der Waals surface area (Å²) in [5.74, 6) is 0.958. The van der Waals surface area contributed by atoms with Crippen LogP contribution in [0, 0.1) is 12.7 Å². The summed E-state index contributed by atoms with van der Waals surface area (Å²) in [5, 5.41) is 3.49. The molecule has 1 aliphatic rings. The number of halogens is 2. The smallest absolute Gasteiger partial charge is 0.141 e. The zero-order chi connectivity index (χ0) is 14.8. The molecule has 1 aliphatic carbocycles. The third-order valence-corrected chi connectivity index (χ3v) is 4.14. The summed E-state index contributed by atoms with van der Waals surface area (Å²) in [5.41, 5.74) is 2.29. The standard InChI is InChI=1S/C17H17BrFNO/c1-11-2-7-17(12(8-11)10-20-13-3-4-13)21-14-5-6-15(18)16(19)9-14/h2,5-9,13,20H,3-4,10H2,1H3. The highest BCUT2D eigenvalue weighted by atomic mass is 79.9. The van der Waals surface area contributed by atoms with Gasteiger partial charge in [0.05, 0.1) is 4.47 Å². The van der Waals surface area contributed by atoms with Crippen LogP contribution in [0.15, 0.2) is 40.9 Å². The van der Waals surface area contributed by atoms with Gasteiger partial charge in [-0.05, 0) is 53.9 Å². The summed E-state index contributed by atoms with van der Waals surface area (Å²) in [6, 6.07) is 11.5. The Morgan fingerprint density at radius 3 is 2.76 bits per heavy atom. The number of ether oxygens (including phenoxy) is 1. The molecule has 0 atom stereocenters. The van der Waals surface area contributed by atoms with Gasteiger partial charge in [0.2, 0.25) is 0 Å². The van der Waals surface area contributed by atoms with Crippen molar-refractivity contribution in [3.8, 4) is 11.5 Å². The van der Waals surface area contributed by atoms with Crippen molar-refractivity contribution < 1.29 is 9.13 Å². The zero-order valence-electron chi connectivity index (χ0n) is 11.8. The Hall–Kier alpha value is -1.39. The average Bonchev–Trinajstić information content (AvgIpc) is 3.27. The first kappa shape index (κ1) is 14.5. The third kappa shape index (κ3) is 3.83. The molecule has 1 saturated carbocycles. The Bertz CT molecular complexity index is 655. The monoisotopic (exact) mass is 349 g/mol. The third-order valence-electron chi connectivity index (χ3n) is 3.49. The Morgan fingerprint density at radius 1 is 1.24 bits per heavy atom. The van der Waals surface area contributed by atoms with Gasteiger partial charge in [-0.3, -0.25) is 0 Å². The van der Waals surface area contributed by atoms with Crippen molar-refractivity contribution in [1.29, 1.82) is 0 Å². The molecule has 0 heterocycles. The Kier molecular flexibility index (Phi) is 4.27. The van der Waals surface area contributed by atoms with Crippen molar-refractivity contribution in [2.75, 3.05) is 0 Å². The Labute approximate surface area is 132 Å². The lowest BCUT2D eigenvalue weighted by Crippen LogP contribution is -2.15. The van der Waals surface area contributed by atoms with Crippen LogP contribution in [-0.2, 0) is 6.54 Å². The Balaban J connectivity index is 1.80. The fraction of sp³-hybridized carbons (Fsp3) is 0.294. The van der Waals surface area contributed by atoms with E-state index >= 15 is 0 Å². The lowest BCUT2D eigenvalue weighted by atomic mass is 10.1. The maximum Gasteiger partial charge on any atom is 0.141 e. The predicted octanol–water partition coefficient (Wildman–Crippen LogP) is 4.94. The molecule has 0 aliphatic heterocycles. The van der Waals surface area contributed by atoms with Gasteiger partial charge in [-0.25, -0.2) is 4.39 Å². The maximum absolute atomic E-state index is 13.6. The minimum Gasteiger partial charge on any atom is -0.457 e. The number of benzene rings is 2. The van der Waals surface area contributed by atoms with E-state index in [4.69, 9.17) is 4.74 Å². The van der Waals surface area contributed by atoms with Gasteiger partial charge in [-0.15, -0.1) is 0 Å². The minimum atomic E-state index is -0.322. The van der Waals surface area contributed by atoms with E-state index in [1.165, 1.54) is 24.5 Å². The molecule has 1 N–H and O–H groups in total. The molecule has 2 aromatic rings. The van der Waals surface area contributed by atoms with Gasteiger partial charge in [-0.2, -0.15) is 0 Å². The van der Waals surface area contributed by atoms with Gasteiger partial charge in [0.1, 0.15) is 17.3 Å². The van der Waals surface area contributed by atoms with E-state index in [9.17, 15) is 4.39 Å². The summed E-state index contributed by atoms with van der Waals surface area (Å²) in [6.07, 6.45) is 2.50. The van der Waals surface area contributed by atoms with Gasteiger partial charge in [0.15, 0.2) is 0 Å². The van der Waals surface area contributed by atoms with E-state index < -0.39 is 0 Å². The van der Waals surface area contributed by atoms with E-state index in [0.717, 1.165) is 17.9 Å². The summed E-state index contributed by atoms with van der Waals surface area (Å²) >= 11 is 3.15. The second-order valence-corrected chi connectivity index (χ2v) is 6.30. The highest BCUT2D eigenvalue weighted by Gasteiger charge is 2.20. The molecular weight excluding hydrogens is 333 g/mol. The Morgan fingerprint density at radius 2 is 2.05 bits per heavy atom. The SMILES string of the molecule is Cc1ccc(Oc2ccc(Br)c(F)c2)c(CNC2CC2)c1. The highest BCUT2D eigenvalue weighted by molar-refractivity contribution is 9.10. The van der Waals surface area contributed by atoms with Gasteiger partial charge in [0, 0.05) is 24.2 Å². The van der Waals surface area contributed by atoms with Crippen LogP contribution in [0.3, 0.4) is 0 Å². The molecule has 0 radical (unpaired) electrons. The molecule has 110 valence electrons. The number of hydrogen-bond acceptors (Lipinski definition) is 2. The predicted molar refractivity (Wildman–Crippen MR) is 85.2 cm³/mol. The lowest BCUT2D eigenvalue weighted by Gasteiger charge is -2.13. The molecule has 2 nitrogen and oxygen atoms in total. The van der Waals surface area contributed by atoms with Gasteiger partial charge in [-0.1, -0.05) is 17.7 Å². The molecule has 0 aromatic heterocycles. The van der Waals surface area contributed by atoms with Crippen molar-refractivity contribution in [1.82, 2.24) is 5.32 Å². The largest absolute Gasteiger partial charge is 0.457 e. The van der Waals surface area contributed by atoms with Gasteiger partial charge in [0.25, 0.3) is 0 Å². The molecule has 4 heteroatoms. The highest BCUT2D eigenvalue weighted by Crippen LogP contribution is 2.29. The molecule has 0 saturated heterocycles. The first-order valence-electron chi connectivity index (χ1n) is 7.07. The summed E-state index contributed by atoms with van der Waals surface area (Å²) in [7, 11) is 0.